The van der Waals surface area contributed by atoms with Gasteiger partial charge in [-0.1, -0.05) is 271 Å². The van der Waals surface area contributed by atoms with Crippen molar-refractivity contribution in [3.8, 4) is 0 Å². The average molecular weight is 850 g/mol. The van der Waals surface area contributed by atoms with Crippen LogP contribution in [0.5, 0.6) is 0 Å². The molecule has 0 aromatic rings. The summed E-state index contributed by atoms with van der Waals surface area (Å²) in [7, 11) is 0. The zero-order chi connectivity index (χ0) is 43.8. The van der Waals surface area contributed by atoms with Crippen LogP contribution in [-0.2, 0) is 14.3 Å². The molecule has 3 atom stereocenters. The van der Waals surface area contributed by atoms with E-state index in [0.29, 0.717) is 19.3 Å². The summed E-state index contributed by atoms with van der Waals surface area (Å²) in [5.74, 6) is -0.450. The van der Waals surface area contributed by atoms with Crippen LogP contribution in [0.1, 0.15) is 310 Å². The molecule has 0 saturated carbocycles. The van der Waals surface area contributed by atoms with Gasteiger partial charge >= 0.3 is 5.97 Å². The smallest absolute Gasteiger partial charge is 0.306 e. The van der Waals surface area contributed by atoms with Gasteiger partial charge in [0.15, 0.2) is 0 Å². The SMILES string of the molecule is CCCCCCCCCCCCCCCCCCCCCC(=O)OC(CCCCCCCCCCCC)CC(=O)NC(CO)C(O)CCCCCCCCCCCCCC. The molecule has 0 bridgehead atoms. The lowest BCUT2D eigenvalue weighted by atomic mass is 10.0. The summed E-state index contributed by atoms with van der Waals surface area (Å²) in [5, 5.41) is 23.8. The minimum Gasteiger partial charge on any atom is -0.462 e. The highest BCUT2D eigenvalue weighted by Gasteiger charge is 2.24. The Bertz CT molecular complexity index is 867. The number of rotatable bonds is 50. The Balaban J connectivity index is 4.38. The van der Waals surface area contributed by atoms with Gasteiger partial charge in [-0.2, -0.15) is 0 Å². The molecule has 0 aliphatic carbocycles. The maximum Gasteiger partial charge on any atom is 0.306 e. The van der Waals surface area contributed by atoms with Gasteiger partial charge in [0.2, 0.25) is 5.91 Å². The van der Waals surface area contributed by atoms with Crippen LogP contribution >= 0.6 is 0 Å². The van der Waals surface area contributed by atoms with E-state index in [1.54, 1.807) is 0 Å². The van der Waals surface area contributed by atoms with Crippen LogP contribution < -0.4 is 5.32 Å². The lowest BCUT2D eigenvalue weighted by Gasteiger charge is -2.24. The van der Waals surface area contributed by atoms with E-state index in [4.69, 9.17) is 4.74 Å². The maximum atomic E-state index is 13.2. The van der Waals surface area contributed by atoms with Gasteiger partial charge in [0.05, 0.1) is 25.2 Å². The zero-order valence-corrected chi connectivity index (χ0v) is 40.9. The number of hydrogen-bond donors (Lipinski definition) is 3. The Kier molecular flexibility index (Phi) is 48.0. The highest BCUT2D eigenvalue weighted by atomic mass is 16.5. The van der Waals surface area contributed by atoms with E-state index in [0.717, 1.165) is 38.5 Å². The highest BCUT2D eigenvalue weighted by molar-refractivity contribution is 5.77. The fraction of sp³-hybridized carbons (Fsp3) is 0.963. The molecule has 60 heavy (non-hydrogen) atoms. The molecule has 1 amide bonds. The molecule has 0 rings (SSSR count). The third-order valence-electron chi connectivity index (χ3n) is 12.9. The normalized spacial score (nSPS) is 13.1. The lowest BCUT2D eigenvalue weighted by Crippen LogP contribution is -2.46. The molecule has 0 aliphatic heterocycles. The number of nitrogens with one attached hydrogen (secondary N) is 1. The molecule has 0 saturated heterocycles. The topological polar surface area (TPSA) is 95.9 Å². The van der Waals surface area contributed by atoms with Gasteiger partial charge in [0.1, 0.15) is 6.10 Å². The molecule has 0 aliphatic rings. The predicted octanol–water partition coefficient (Wildman–Crippen LogP) is 16.4. The van der Waals surface area contributed by atoms with Gasteiger partial charge in [0, 0.05) is 6.42 Å². The van der Waals surface area contributed by atoms with Crippen molar-refractivity contribution in [1.82, 2.24) is 5.32 Å². The Morgan fingerprint density at radius 2 is 0.700 bits per heavy atom. The quantitative estimate of drug-likeness (QED) is 0.0419. The Labute approximate surface area is 375 Å². The van der Waals surface area contributed by atoms with Crippen LogP contribution in [0.15, 0.2) is 0 Å². The molecule has 0 aromatic heterocycles. The summed E-state index contributed by atoms with van der Waals surface area (Å²) in [6.07, 6.45) is 53.1. The number of hydrogen-bond acceptors (Lipinski definition) is 5. The molecule has 6 heteroatoms. The molecule has 3 N–H and O–H groups in total. The number of amides is 1. The zero-order valence-electron chi connectivity index (χ0n) is 40.9. The van der Waals surface area contributed by atoms with Crippen molar-refractivity contribution in [1.29, 1.82) is 0 Å². The Hall–Kier alpha value is -1.14. The van der Waals surface area contributed by atoms with Crippen LogP contribution in [0.3, 0.4) is 0 Å². The molecule has 0 fully saturated rings. The van der Waals surface area contributed by atoms with Gasteiger partial charge in [-0.25, -0.2) is 0 Å². The first-order valence-electron chi connectivity index (χ1n) is 27.3. The van der Waals surface area contributed by atoms with Crippen LogP contribution in [0.4, 0.5) is 0 Å². The number of unbranched alkanes of at least 4 members (excludes halogenated alkanes) is 38. The maximum absolute atomic E-state index is 13.2. The summed E-state index contributed by atoms with van der Waals surface area (Å²) >= 11 is 0. The van der Waals surface area contributed by atoms with Crippen molar-refractivity contribution in [2.45, 2.75) is 328 Å². The molecule has 358 valence electrons. The first-order chi connectivity index (χ1) is 29.5. The second-order valence-electron chi connectivity index (χ2n) is 19.0. The molecule has 0 heterocycles. The molecule has 0 spiro atoms. The standard InChI is InChI=1S/C54H107NO5/c1-4-7-10-13-16-19-22-24-25-26-27-28-29-30-32-35-38-41-44-47-54(59)60-50(45-42-39-36-33-21-18-15-12-9-6-3)48-53(58)55-51(49-56)52(57)46-43-40-37-34-31-23-20-17-14-11-8-5-2/h50-52,56-57H,4-49H2,1-3H3,(H,55,58). The Morgan fingerprint density at radius 3 is 1.02 bits per heavy atom. The summed E-state index contributed by atoms with van der Waals surface area (Å²) in [5.41, 5.74) is 0. The molecular weight excluding hydrogens is 743 g/mol. The van der Waals surface area contributed by atoms with Crippen molar-refractivity contribution < 1.29 is 24.5 Å². The van der Waals surface area contributed by atoms with E-state index in [-0.39, 0.29) is 24.9 Å². The molecule has 3 unspecified atom stereocenters. The fourth-order valence-electron chi connectivity index (χ4n) is 8.79. The van der Waals surface area contributed by atoms with E-state index in [2.05, 4.69) is 26.1 Å². The van der Waals surface area contributed by atoms with Gasteiger partial charge in [-0.3, -0.25) is 9.59 Å². The van der Waals surface area contributed by atoms with Gasteiger partial charge < -0.3 is 20.3 Å². The monoisotopic (exact) mass is 850 g/mol. The number of aliphatic hydroxyl groups is 2. The highest BCUT2D eigenvalue weighted by Crippen LogP contribution is 2.19. The summed E-state index contributed by atoms with van der Waals surface area (Å²) in [4.78, 5) is 26.1. The number of ether oxygens (including phenoxy) is 1. The summed E-state index contributed by atoms with van der Waals surface area (Å²) in [6.45, 7) is 6.51. The van der Waals surface area contributed by atoms with Crippen LogP contribution in [-0.4, -0.2) is 46.9 Å². The van der Waals surface area contributed by atoms with Crippen LogP contribution in [0, 0.1) is 0 Å². The van der Waals surface area contributed by atoms with E-state index in [1.807, 2.05) is 0 Å². The third-order valence-corrected chi connectivity index (χ3v) is 12.9. The average Bonchev–Trinajstić information content (AvgIpc) is 3.24. The minimum absolute atomic E-state index is 0.0875. The van der Waals surface area contributed by atoms with Gasteiger partial charge in [-0.15, -0.1) is 0 Å². The number of esters is 1. The van der Waals surface area contributed by atoms with Crippen molar-refractivity contribution in [2.24, 2.45) is 0 Å². The fourth-order valence-corrected chi connectivity index (χ4v) is 8.79. The van der Waals surface area contributed by atoms with Crippen molar-refractivity contribution in [2.75, 3.05) is 6.61 Å². The predicted molar refractivity (Wildman–Crippen MR) is 260 cm³/mol. The van der Waals surface area contributed by atoms with E-state index < -0.39 is 18.2 Å². The summed E-state index contributed by atoms with van der Waals surface area (Å²) in [6, 6.07) is -0.691. The Morgan fingerprint density at radius 1 is 0.417 bits per heavy atom. The number of aliphatic hydroxyl groups excluding tert-OH is 2. The lowest BCUT2D eigenvalue weighted by molar-refractivity contribution is -0.151. The van der Waals surface area contributed by atoms with E-state index in [1.165, 1.54) is 225 Å². The van der Waals surface area contributed by atoms with E-state index in [9.17, 15) is 19.8 Å². The van der Waals surface area contributed by atoms with Crippen molar-refractivity contribution >= 4 is 11.9 Å². The number of carbonyl (C=O) groups is 2. The van der Waals surface area contributed by atoms with Gasteiger partial charge in [0.25, 0.3) is 0 Å². The molecule has 0 aromatic carbocycles. The summed E-state index contributed by atoms with van der Waals surface area (Å²) < 4.78 is 5.94. The van der Waals surface area contributed by atoms with E-state index >= 15 is 0 Å². The third kappa shape index (κ3) is 43.5. The van der Waals surface area contributed by atoms with Crippen LogP contribution in [0.25, 0.3) is 0 Å². The number of carbonyl (C=O) groups excluding carboxylic acids is 2. The minimum atomic E-state index is -0.778. The largest absolute Gasteiger partial charge is 0.462 e. The van der Waals surface area contributed by atoms with Gasteiger partial charge in [-0.05, 0) is 25.7 Å². The molecule has 0 radical (unpaired) electrons. The first-order valence-corrected chi connectivity index (χ1v) is 27.3. The van der Waals surface area contributed by atoms with Crippen molar-refractivity contribution in [3.63, 3.8) is 0 Å². The molecule has 6 nitrogen and oxygen atoms in total. The van der Waals surface area contributed by atoms with Crippen LogP contribution in [0.2, 0.25) is 0 Å². The second-order valence-corrected chi connectivity index (χ2v) is 19.0. The molecular formula is C54H107NO5. The first kappa shape index (κ1) is 58.9. The van der Waals surface area contributed by atoms with Crippen molar-refractivity contribution in [3.05, 3.63) is 0 Å². The second kappa shape index (κ2) is 48.9.